The first kappa shape index (κ1) is 10.8. The second-order valence-corrected chi connectivity index (χ2v) is 7.77. The molecule has 2 N–H and O–H groups in total. The topological polar surface area (TPSA) is 26.0 Å². The van der Waals surface area contributed by atoms with Gasteiger partial charge in [-0.15, -0.1) is 0 Å². The van der Waals surface area contributed by atoms with Gasteiger partial charge in [0, 0.05) is 0 Å². The highest BCUT2D eigenvalue weighted by atomic mass is 14.6. The molecule has 17 heavy (non-hydrogen) atoms. The van der Waals surface area contributed by atoms with Gasteiger partial charge in [-0.25, -0.2) is 0 Å². The van der Waals surface area contributed by atoms with Crippen LogP contribution in [0, 0.1) is 41.4 Å². The average Bonchev–Trinajstić information content (AvgIpc) is 2.24. The van der Waals surface area contributed by atoms with Crippen molar-refractivity contribution in [2.75, 3.05) is 6.54 Å². The summed E-state index contributed by atoms with van der Waals surface area (Å²) in [6.07, 6.45) is 12.5. The molecule has 0 aromatic carbocycles. The van der Waals surface area contributed by atoms with Gasteiger partial charge in [0.05, 0.1) is 0 Å². The lowest BCUT2D eigenvalue weighted by Gasteiger charge is -2.56. The van der Waals surface area contributed by atoms with E-state index in [-0.39, 0.29) is 0 Å². The molecule has 0 aromatic heterocycles. The quantitative estimate of drug-likeness (QED) is 0.794. The minimum Gasteiger partial charge on any atom is -0.330 e. The van der Waals surface area contributed by atoms with Crippen molar-refractivity contribution in [3.63, 3.8) is 0 Å². The highest BCUT2D eigenvalue weighted by molar-refractivity contribution is 4.99. The Morgan fingerprint density at radius 3 is 1.82 bits per heavy atom. The Morgan fingerprint density at radius 1 is 0.706 bits per heavy atom. The Kier molecular flexibility index (Phi) is 2.54. The average molecular weight is 233 g/mol. The first-order valence-corrected chi connectivity index (χ1v) is 8.02. The van der Waals surface area contributed by atoms with E-state index in [2.05, 4.69) is 0 Å². The number of nitrogens with two attached hydrogens (primary N) is 1. The second kappa shape index (κ2) is 3.98. The minimum atomic E-state index is 0.886. The fourth-order valence-electron chi connectivity index (χ4n) is 6.07. The third-order valence-corrected chi connectivity index (χ3v) is 6.69. The Morgan fingerprint density at radius 2 is 1.29 bits per heavy atom. The van der Waals surface area contributed by atoms with Crippen molar-refractivity contribution < 1.29 is 0 Å². The van der Waals surface area contributed by atoms with Crippen LogP contribution >= 0.6 is 0 Å². The van der Waals surface area contributed by atoms with E-state index in [0.29, 0.717) is 0 Å². The first-order valence-electron chi connectivity index (χ1n) is 8.02. The van der Waals surface area contributed by atoms with Crippen molar-refractivity contribution in [2.45, 2.75) is 51.4 Å². The zero-order valence-corrected chi connectivity index (χ0v) is 11.0. The molecule has 0 unspecified atom stereocenters. The molecule has 4 bridgehead atoms. The van der Waals surface area contributed by atoms with Crippen LogP contribution in [0.1, 0.15) is 51.4 Å². The van der Waals surface area contributed by atoms with Crippen LogP contribution in [0.5, 0.6) is 0 Å². The summed E-state index contributed by atoms with van der Waals surface area (Å²) in [7, 11) is 0. The number of hydrogen-bond donors (Lipinski definition) is 1. The summed E-state index contributed by atoms with van der Waals surface area (Å²) < 4.78 is 0. The van der Waals surface area contributed by atoms with Gasteiger partial charge in [0.1, 0.15) is 0 Å². The van der Waals surface area contributed by atoms with Gasteiger partial charge in [0.2, 0.25) is 0 Å². The van der Waals surface area contributed by atoms with E-state index in [9.17, 15) is 0 Å². The molecule has 5 rings (SSSR count). The highest BCUT2D eigenvalue weighted by Crippen LogP contribution is 2.58. The summed E-state index contributed by atoms with van der Waals surface area (Å²) in [5, 5.41) is 0. The van der Waals surface area contributed by atoms with E-state index in [1.807, 2.05) is 0 Å². The minimum absolute atomic E-state index is 0.886. The SMILES string of the molecule is NCC1CC(CC2C3CC4CC(C3)CC2C4)C1. The van der Waals surface area contributed by atoms with E-state index in [4.69, 9.17) is 5.73 Å². The van der Waals surface area contributed by atoms with Crippen LogP contribution in [0.3, 0.4) is 0 Å². The van der Waals surface area contributed by atoms with Gasteiger partial charge in [-0.1, -0.05) is 0 Å². The lowest BCUT2D eigenvalue weighted by atomic mass is 9.50. The monoisotopic (exact) mass is 233 g/mol. The lowest BCUT2D eigenvalue weighted by molar-refractivity contribution is -0.0534. The van der Waals surface area contributed by atoms with Crippen LogP contribution in [0.15, 0.2) is 0 Å². The molecule has 5 fully saturated rings. The fourth-order valence-corrected chi connectivity index (χ4v) is 6.07. The zero-order valence-electron chi connectivity index (χ0n) is 11.0. The van der Waals surface area contributed by atoms with Crippen molar-refractivity contribution in [3.05, 3.63) is 0 Å². The van der Waals surface area contributed by atoms with E-state index in [1.54, 1.807) is 38.5 Å². The van der Waals surface area contributed by atoms with E-state index < -0.39 is 0 Å². The molecule has 0 amide bonds. The zero-order chi connectivity index (χ0) is 11.4. The fraction of sp³-hybridized carbons (Fsp3) is 1.00. The maximum Gasteiger partial charge on any atom is -0.00487 e. The van der Waals surface area contributed by atoms with Gasteiger partial charge in [-0.05, 0) is 99.3 Å². The summed E-state index contributed by atoms with van der Waals surface area (Å²) in [5.41, 5.74) is 5.75. The summed E-state index contributed by atoms with van der Waals surface area (Å²) >= 11 is 0. The molecule has 96 valence electrons. The molecule has 5 aliphatic rings. The summed E-state index contributed by atoms with van der Waals surface area (Å²) in [6.45, 7) is 0.943. The van der Waals surface area contributed by atoms with Crippen molar-refractivity contribution in [1.82, 2.24) is 0 Å². The maximum atomic E-state index is 5.75. The normalized spacial score (nSPS) is 55.9. The largest absolute Gasteiger partial charge is 0.330 e. The molecule has 0 saturated heterocycles. The van der Waals surface area contributed by atoms with Gasteiger partial charge in [-0.2, -0.15) is 0 Å². The van der Waals surface area contributed by atoms with Crippen LogP contribution in [-0.4, -0.2) is 6.54 Å². The Labute approximate surface area is 106 Å². The molecule has 0 aliphatic heterocycles. The number of rotatable bonds is 3. The van der Waals surface area contributed by atoms with Crippen LogP contribution < -0.4 is 5.73 Å². The Hall–Kier alpha value is -0.0400. The third-order valence-electron chi connectivity index (χ3n) is 6.69. The molecular formula is C16H27N. The van der Waals surface area contributed by atoms with Gasteiger partial charge in [-0.3, -0.25) is 0 Å². The molecule has 1 heteroatoms. The van der Waals surface area contributed by atoms with Gasteiger partial charge in [0.15, 0.2) is 0 Å². The van der Waals surface area contributed by atoms with Gasteiger partial charge in [0.25, 0.3) is 0 Å². The van der Waals surface area contributed by atoms with Crippen molar-refractivity contribution in [1.29, 1.82) is 0 Å². The first-order chi connectivity index (χ1) is 8.31. The summed E-state index contributed by atoms with van der Waals surface area (Å²) in [5.74, 6) is 7.65. The molecule has 0 radical (unpaired) electrons. The smallest absolute Gasteiger partial charge is 0.00487 e. The van der Waals surface area contributed by atoms with Gasteiger partial charge >= 0.3 is 0 Å². The maximum absolute atomic E-state index is 5.75. The third kappa shape index (κ3) is 1.77. The van der Waals surface area contributed by atoms with E-state index in [0.717, 1.165) is 48.0 Å². The molecule has 0 atom stereocenters. The van der Waals surface area contributed by atoms with E-state index >= 15 is 0 Å². The Balaban J connectivity index is 1.39. The van der Waals surface area contributed by atoms with Crippen LogP contribution in [0.2, 0.25) is 0 Å². The predicted octanol–water partition coefficient (Wildman–Crippen LogP) is 3.43. The van der Waals surface area contributed by atoms with E-state index in [1.165, 1.54) is 12.8 Å². The van der Waals surface area contributed by atoms with Crippen molar-refractivity contribution in [2.24, 2.45) is 47.2 Å². The molecular weight excluding hydrogens is 206 g/mol. The molecule has 5 saturated carbocycles. The van der Waals surface area contributed by atoms with Crippen LogP contribution in [-0.2, 0) is 0 Å². The molecule has 0 aromatic rings. The molecule has 1 nitrogen and oxygen atoms in total. The van der Waals surface area contributed by atoms with Crippen molar-refractivity contribution >= 4 is 0 Å². The van der Waals surface area contributed by atoms with Crippen LogP contribution in [0.4, 0.5) is 0 Å². The van der Waals surface area contributed by atoms with Crippen molar-refractivity contribution in [3.8, 4) is 0 Å². The second-order valence-electron chi connectivity index (χ2n) is 7.77. The van der Waals surface area contributed by atoms with Gasteiger partial charge < -0.3 is 5.73 Å². The Bertz CT molecular complexity index is 264. The lowest BCUT2D eigenvalue weighted by Crippen LogP contribution is -2.46. The summed E-state index contributed by atoms with van der Waals surface area (Å²) in [6, 6.07) is 0. The standard InChI is InChI=1S/C16H27N/c17-9-13-2-10(3-13)8-16-14-4-11-1-12(6-14)7-15(16)5-11/h10-16H,1-9,17H2. The predicted molar refractivity (Wildman–Crippen MR) is 70.4 cm³/mol. The number of hydrogen-bond acceptors (Lipinski definition) is 1. The van der Waals surface area contributed by atoms with Crippen LogP contribution in [0.25, 0.3) is 0 Å². The molecule has 0 heterocycles. The molecule has 0 spiro atoms. The highest BCUT2D eigenvalue weighted by Gasteiger charge is 2.48. The summed E-state index contributed by atoms with van der Waals surface area (Å²) in [4.78, 5) is 0. The molecule has 5 aliphatic carbocycles.